The molecule has 4 nitrogen and oxygen atoms in total. The molecule has 3 rings (SSSR count). The molecule has 0 atom stereocenters. The molecule has 0 unspecified atom stereocenters. The Morgan fingerprint density at radius 1 is 1.11 bits per heavy atom. The molecule has 0 bridgehead atoms. The summed E-state index contributed by atoms with van der Waals surface area (Å²) >= 11 is 12.0. The van der Waals surface area contributed by atoms with Crippen LogP contribution in [0, 0.1) is 5.82 Å². The molecule has 0 saturated carbocycles. The molecule has 0 amide bonds. The molecule has 1 heterocycles. The zero-order valence-corrected chi connectivity index (χ0v) is 18.4. The van der Waals surface area contributed by atoms with Gasteiger partial charge in [0.1, 0.15) is 18.2 Å². The molecule has 0 aliphatic carbocycles. The standard InChI is InChI=1S/C20H14Cl2FNO3.Na/c21-13-8-7-12(17(23)9-13)11-27-19-6-2-4-16(22)15(19)10-14-3-1-5-18(24-14)20(25)26;/h1-9H,10-11H2,(H,25,26);/q;+1/p-1. The molecular formula is C20H13Cl2FNNaO3. The van der Waals surface area contributed by atoms with Crippen LogP contribution in [0.25, 0.3) is 0 Å². The predicted octanol–water partition coefficient (Wildman–Crippen LogP) is 1.06. The quantitative estimate of drug-likeness (QED) is 0.552. The van der Waals surface area contributed by atoms with E-state index in [0.717, 1.165) is 0 Å². The van der Waals surface area contributed by atoms with Gasteiger partial charge in [-0.3, -0.25) is 4.98 Å². The minimum Gasteiger partial charge on any atom is -0.543 e. The Balaban J connectivity index is 0.00000280. The van der Waals surface area contributed by atoms with Crippen LogP contribution in [0.1, 0.15) is 27.3 Å². The first-order valence-electron chi connectivity index (χ1n) is 7.95. The summed E-state index contributed by atoms with van der Waals surface area (Å²) in [5.41, 5.74) is 1.30. The van der Waals surface area contributed by atoms with Crippen molar-refractivity contribution in [3.8, 4) is 5.75 Å². The van der Waals surface area contributed by atoms with Crippen molar-refractivity contribution < 1.29 is 48.6 Å². The average Bonchev–Trinajstić information content (AvgIpc) is 2.63. The molecule has 28 heavy (non-hydrogen) atoms. The van der Waals surface area contributed by atoms with Crippen molar-refractivity contribution in [1.82, 2.24) is 4.98 Å². The Bertz CT molecular complexity index is 1000. The zero-order chi connectivity index (χ0) is 19.4. The second-order valence-corrected chi connectivity index (χ2v) is 6.56. The van der Waals surface area contributed by atoms with Gasteiger partial charge in [0.05, 0.1) is 11.7 Å². The van der Waals surface area contributed by atoms with Crippen LogP contribution in [-0.2, 0) is 13.0 Å². The number of nitrogens with zero attached hydrogens (tertiary/aromatic N) is 1. The van der Waals surface area contributed by atoms with Gasteiger partial charge in [-0.15, -0.1) is 0 Å². The Hall–Kier alpha value is -1.63. The van der Waals surface area contributed by atoms with Crippen molar-refractivity contribution in [2.45, 2.75) is 13.0 Å². The monoisotopic (exact) mass is 427 g/mol. The summed E-state index contributed by atoms with van der Waals surface area (Å²) in [6, 6.07) is 14.1. The number of halogens is 3. The third-order valence-corrected chi connectivity index (χ3v) is 4.44. The Labute approximate surface area is 193 Å². The van der Waals surface area contributed by atoms with E-state index >= 15 is 0 Å². The zero-order valence-electron chi connectivity index (χ0n) is 14.9. The molecule has 8 heteroatoms. The normalized spacial score (nSPS) is 10.2. The fourth-order valence-electron chi connectivity index (χ4n) is 2.51. The first kappa shape index (κ1) is 22.7. The fraction of sp³-hybridized carbons (Fsp3) is 0.100. The van der Waals surface area contributed by atoms with Gasteiger partial charge in [0.2, 0.25) is 0 Å². The summed E-state index contributed by atoms with van der Waals surface area (Å²) in [5.74, 6) is -1.36. The summed E-state index contributed by atoms with van der Waals surface area (Å²) < 4.78 is 19.7. The topological polar surface area (TPSA) is 62.2 Å². The van der Waals surface area contributed by atoms with Crippen molar-refractivity contribution in [2.75, 3.05) is 0 Å². The molecule has 2 aromatic carbocycles. The molecule has 0 fully saturated rings. The number of pyridine rings is 1. The maximum atomic E-state index is 13.9. The van der Waals surface area contributed by atoms with Crippen molar-refractivity contribution >= 4 is 29.2 Å². The van der Waals surface area contributed by atoms with Crippen molar-refractivity contribution in [3.05, 3.63) is 93.0 Å². The summed E-state index contributed by atoms with van der Waals surface area (Å²) in [7, 11) is 0. The summed E-state index contributed by atoms with van der Waals surface area (Å²) in [5, 5.41) is 11.7. The number of aromatic carboxylic acids is 1. The van der Waals surface area contributed by atoms with E-state index in [9.17, 15) is 14.3 Å². The van der Waals surface area contributed by atoms with Crippen LogP contribution < -0.4 is 39.4 Å². The van der Waals surface area contributed by atoms with E-state index in [1.165, 1.54) is 12.1 Å². The molecule has 1 aromatic heterocycles. The van der Waals surface area contributed by atoms with Gasteiger partial charge < -0.3 is 14.6 Å². The molecule has 3 aromatic rings. The summed E-state index contributed by atoms with van der Waals surface area (Å²) in [6.45, 7) is -0.0111. The minimum atomic E-state index is -1.36. The Morgan fingerprint density at radius 2 is 1.86 bits per heavy atom. The van der Waals surface area contributed by atoms with Crippen LogP contribution in [0.5, 0.6) is 5.75 Å². The third kappa shape index (κ3) is 5.69. The van der Waals surface area contributed by atoms with Crippen LogP contribution in [-0.4, -0.2) is 11.0 Å². The van der Waals surface area contributed by atoms with Crippen LogP contribution in [0.2, 0.25) is 10.0 Å². The SMILES string of the molecule is O=C([O-])c1cccc(Cc2c(Cl)cccc2OCc2ccc(Cl)cc2F)n1.[Na+]. The van der Waals surface area contributed by atoms with Gasteiger partial charge in [-0.05, 0) is 36.4 Å². The van der Waals surface area contributed by atoms with Crippen LogP contribution in [0.15, 0.2) is 54.6 Å². The average molecular weight is 428 g/mol. The maximum Gasteiger partial charge on any atom is 1.00 e. The van der Waals surface area contributed by atoms with Crippen molar-refractivity contribution in [2.24, 2.45) is 0 Å². The fourth-order valence-corrected chi connectivity index (χ4v) is 2.90. The second kappa shape index (κ2) is 10.2. The van der Waals surface area contributed by atoms with E-state index in [-0.39, 0.29) is 48.3 Å². The van der Waals surface area contributed by atoms with E-state index in [1.54, 1.807) is 42.5 Å². The number of hydrogen-bond acceptors (Lipinski definition) is 4. The van der Waals surface area contributed by atoms with Crippen LogP contribution >= 0.6 is 23.2 Å². The number of rotatable bonds is 6. The summed E-state index contributed by atoms with van der Waals surface area (Å²) in [4.78, 5) is 15.0. The first-order chi connectivity index (χ1) is 12.9. The Morgan fingerprint density at radius 3 is 2.57 bits per heavy atom. The number of benzene rings is 2. The van der Waals surface area contributed by atoms with Crippen LogP contribution in [0.3, 0.4) is 0 Å². The molecule has 0 aliphatic heterocycles. The number of hydrogen-bond donors (Lipinski definition) is 0. The van der Waals surface area contributed by atoms with Gasteiger partial charge in [-0.2, -0.15) is 0 Å². The number of carboxylic acid groups (broad SMARTS) is 1. The maximum absolute atomic E-state index is 13.9. The molecule has 0 radical (unpaired) electrons. The molecule has 0 N–H and O–H groups in total. The number of carbonyl (C=O) groups excluding carboxylic acids is 1. The van der Waals surface area contributed by atoms with Gasteiger partial charge in [0.25, 0.3) is 0 Å². The van der Waals surface area contributed by atoms with Gasteiger partial charge in [0, 0.05) is 33.3 Å². The van der Waals surface area contributed by atoms with Gasteiger partial charge >= 0.3 is 29.6 Å². The molecule has 0 aliphatic rings. The number of carbonyl (C=O) groups is 1. The molecule has 0 spiro atoms. The molecular weight excluding hydrogens is 415 g/mol. The first-order valence-corrected chi connectivity index (χ1v) is 8.71. The van der Waals surface area contributed by atoms with E-state index in [1.807, 2.05) is 0 Å². The third-order valence-electron chi connectivity index (χ3n) is 3.85. The van der Waals surface area contributed by atoms with E-state index < -0.39 is 11.8 Å². The van der Waals surface area contributed by atoms with E-state index in [2.05, 4.69) is 4.98 Å². The van der Waals surface area contributed by atoms with Crippen molar-refractivity contribution in [1.29, 1.82) is 0 Å². The number of ether oxygens (including phenoxy) is 1. The van der Waals surface area contributed by atoms with E-state index in [0.29, 0.717) is 32.6 Å². The largest absolute Gasteiger partial charge is 1.00 e. The Kier molecular flexibility index (Phi) is 8.28. The predicted molar refractivity (Wildman–Crippen MR) is 98.6 cm³/mol. The number of aromatic nitrogens is 1. The van der Waals surface area contributed by atoms with Crippen LogP contribution in [0.4, 0.5) is 4.39 Å². The second-order valence-electron chi connectivity index (χ2n) is 5.72. The van der Waals surface area contributed by atoms with Crippen molar-refractivity contribution in [3.63, 3.8) is 0 Å². The number of carboxylic acids is 1. The summed E-state index contributed by atoms with van der Waals surface area (Å²) in [6.07, 6.45) is 0.249. The van der Waals surface area contributed by atoms with Gasteiger partial charge in [-0.1, -0.05) is 41.4 Å². The smallest absolute Gasteiger partial charge is 0.543 e. The molecule has 138 valence electrons. The van der Waals surface area contributed by atoms with Gasteiger partial charge in [0.15, 0.2) is 0 Å². The van der Waals surface area contributed by atoms with E-state index in [4.69, 9.17) is 27.9 Å². The van der Waals surface area contributed by atoms with Gasteiger partial charge in [-0.25, -0.2) is 4.39 Å². The molecule has 0 saturated heterocycles. The minimum absolute atomic E-state index is 0.